The number of rotatable bonds is 3. The smallest absolute Gasteiger partial charge is 0.356 e. The highest BCUT2D eigenvalue weighted by molar-refractivity contribution is 7.98. The van der Waals surface area contributed by atoms with Gasteiger partial charge in [0.15, 0.2) is 10.9 Å². The van der Waals surface area contributed by atoms with Gasteiger partial charge in [-0.3, -0.25) is 0 Å². The molecule has 0 amide bonds. The van der Waals surface area contributed by atoms with Gasteiger partial charge in [-0.05, 0) is 13.2 Å². The summed E-state index contributed by atoms with van der Waals surface area (Å²) in [6.07, 6.45) is 1.85. The van der Waals surface area contributed by atoms with Gasteiger partial charge in [-0.25, -0.2) is 9.78 Å². The Kier molecular flexibility index (Phi) is 3.19. The Bertz CT molecular complexity index is 546. The average Bonchev–Trinajstić information content (AvgIpc) is 2.74. The van der Waals surface area contributed by atoms with Gasteiger partial charge in [-0.1, -0.05) is 41.6 Å². The lowest BCUT2D eigenvalue weighted by molar-refractivity contribution is 0.0691. The number of aryl methyl sites for hydroxylation is 1. The molecule has 0 saturated carbocycles. The molecule has 0 spiro atoms. The van der Waals surface area contributed by atoms with E-state index in [4.69, 9.17) is 5.11 Å². The second-order valence-corrected chi connectivity index (χ2v) is 4.44. The molecule has 5 heteroatoms. The predicted molar refractivity (Wildman–Crippen MR) is 67.5 cm³/mol. The van der Waals surface area contributed by atoms with Gasteiger partial charge in [0.25, 0.3) is 0 Å². The minimum Gasteiger partial charge on any atom is -0.476 e. The topological polar surface area (TPSA) is 66.0 Å². The Labute approximate surface area is 103 Å². The van der Waals surface area contributed by atoms with Gasteiger partial charge in [0.1, 0.15) is 0 Å². The number of aromatic amines is 1. The number of hydrogen-bond donors (Lipinski definition) is 2. The van der Waals surface area contributed by atoms with Gasteiger partial charge in [-0.15, -0.1) is 0 Å². The molecule has 0 aliphatic carbocycles. The van der Waals surface area contributed by atoms with Crippen molar-refractivity contribution in [2.75, 3.05) is 6.26 Å². The van der Waals surface area contributed by atoms with Crippen molar-refractivity contribution in [3.8, 4) is 11.3 Å². The maximum absolute atomic E-state index is 11.1. The Morgan fingerprint density at radius 2 is 2.00 bits per heavy atom. The number of carbonyl (C=O) groups is 1. The van der Waals surface area contributed by atoms with E-state index in [-0.39, 0.29) is 5.69 Å². The Morgan fingerprint density at radius 1 is 1.35 bits per heavy atom. The standard InChI is InChI=1S/C12H12N2O2S/c1-7-3-5-8(6-4-7)9-10(11(15)16)14-12(13-9)17-2/h3-6H,1-2H3,(H,13,14)(H,15,16). The van der Waals surface area contributed by atoms with E-state index in [2.05, 4.69) is 9.97 Å². The van der Waals surface area contributed by atoms with E-state index in [1.54, 1.807) is 0 Å². The number of nitrogens with zero attached hydrogens (tertiary/aromatic N) is 1. The number of benzene rings is 1. The summed E-state index contributed by atoms with van der Waals surface area (Å²) in [5.74, 6) is -1.02. The van der Waals surface area contributed by atoms with Crippen molar-refractivity contribution in [3.05, 3.63) is 35.5 Å². The van der Waals surface area contributed by atoms with Crippen molar-refractivity contribution in [2.24, 2.45) is 0 Å². The van der Waals surface area contributed by atoms with Crippen LogP contribution in [-0.2, 0) is 0 Å². The van der Waals surface area contributed by atoms with Crippen molar-refractivity contribution in [1.29, 1.82) is 0 Å². The molecule has 0 radical (unpaired) electrons. The van der Waals surface area contributed by atoms with Crippen molar-refractivity contribution in [3.63, 3.8) is 0 Å². The van der Waals surface area contributed by atoms with E-state index in [9.17, 15) is 4.79 Å². The highest BCUT2D eigenvalue weighted by Gasteiger charge is 2.17. The van der Waals surface area contributed by atoms with Crippen LogP contribution >= 0.6 is 11.8 Å². The average molecular weight is 248 g/mol. The van der Waals surface area contributed by atoms with Crippen molar-refractivity contribution < 1.29 is 9.90 Å². The van der Waals surface area contributed by atoms with Gasteiger partial charge in [0.2, 0.25) is 0 Å². The first kappa shape index (κ1) is 11.7. The third kappa shape index (κ3) is 2.34. The molecule has 88 valence electrons. The Balaban J connectivity index is 2.53. The van der Waals surface area contributed by atoms with Gasteiger partial charge in [-0.2, -0.15) is 0 Å². The largest absolute Gasteiger partial charge is 0.476 e. The number of imidazole rings is 1. The van der Waals surface area contributed by atoms with Crippen LogP contribution in [0.25, 0.3) is 11.3 Å². The molecular formula is C12H12N2O2S. The first-order valence-electron chi connectivity index (χ1n) is 5.06. The Hall–Kier alpha value is -1.75. The van der Waals surface area contributed by atoms with Gasteiger partial charge in [0.05, 0.1) is 5.69 Å². The number of hydrogen-bond acceptors (Lipinski definition) is 3. The van der Waals surface area contributed by atoms with E-state index < -0.39 is 5.97 Å². The molecule has 0 bridgehead atoms. The first-order valence-corrected chi connectivity index (χ1v) is 6.28. The normalized spacial score (nSPS) is 10.5. The van der Waals surface area contributed by atoms with Crippen LogP contribution in [0.2, 0.25) is 0 Å². The fourth-order valence-corrected chi connectivity index (χ4v) is 1.92. The lowest BCUT2D eigenvalue weighted by Gasteiger charge is -2.00. The molecule has 2 N–H and O–H groups in total. The van der Waals surface area contributed by atoms with Crippen LogP contribution < -0.4 is 0 Å². The van der Waals surface area contributed by atoms with Crippen molar-refractivity contribution >= 4 is 17.7 Å². The summed E-state index contributed by atoms with van der Waals surface area (Å²) >= 11 is 1.39. The molecule has 4 nitrogen and oxygen atoms in total. The summed E-state index contributed by atoms with van der Waals surface area (Å²) in [5.41, 5.74) is 2.59. The molecule has 17 heavy (non-hydrogen) atoms. The highest BCUT2D eigenvalue weighted by atomic mass is 32.2. The van der Waals surface area contributed by atoms with Crippen LogP contribution in [0.5, 0.6) is 0 Å². The molecule has 0 fully saturated rings. The lowest BCUT2D eigenvalue weighted by Crippen LogP contribution is -1.99. The van der Waals surface area contributed by atoms with Gasteiger partial charge in [0, 0.05) is 5.56 Å². The quantitative estimate of drug-likeness (QED) is 0.820. The Morgan fingerprint density at radius 3 is 2.53 bits per heavy atom. The van der Waals surface area contributed by atoms with Crippen molar-refractivity contribution in [1.82, 2.24) is 9.97 Å². The van der Waals surface area contributed by atoms with Gasteiger partial charge >= 0.3 is 5.97 Å². The van der Waals surface area contributed by atoms with E-state index in [1.165, 1.54) is 11.8 Å². The fraction of sp³-hybridized carbons (Fsp3) is 0.167. The summed E-state index contributed by atoms with van der Waals surface area (Å²) in [4.78, 5) is 18.2. The minimum absolute atomic E-state index is 0.0678. The van der Waals surface area contributed by atoms with Crippen LogP contribution in [-0.4, -0.2) is 27.3 Å². The van der Waals surface area contributed by atoms with E-state index in [0.717, 1.165) is 11.1 Å². The number of thioether (sulfide) groups is 1. The molecule has 1 aromatic carbocycles. The number of carboxylic acids is 1. The fourth-order valence-electron chi connectivity index (χ4n) is 1.53. The molecule has 1 heterocycles. The van der Waals surface area contributed by atoms with E-state index >= 15 is 0 Å². The van der Waals surface area contributed by atoms with Crippen LogP contribution in [0.4, 0.5) is 0 Å². The third-order valence-electron chi connectivity index (χ3n) is 2.42. The number of carboxylic acid groups (broad SMARTS) is 1. The van der Waals surface area contributed by atoms with Crippen molar-refractivity contribution in [2.45, 2.75) is 12.1 Å². The molecule has 2 aromatic rings. The zero-order valence-electron chi connectivity index (χ0n) is 9.52. The van der Waals surface area contributed by atoms with Crippen LogP contribution in [0.3, 0.4) is 0 Å². The maximum Gasteiger partial charge on any atom is 0.356 e. The summed E-state index contributed by atoms with van der Waals surface area (Å²) in [6, 6.07) is 7.67. The molecule has 0 atom stereocenters. The molecule has 2 rings (SSSR count). The molecular weight excluding hydrogens is 236 g/mol. The lowest BCUT2D eigenvalue weighted by atomic mass is 10.1. The number of aromatic nitrogens is 2. The molecule has 0 aliphatic rings. The molecule has 0 aliphatic heterocycles. The summed E-state index contributed by atoms with van der Waals surface area (Å²) in [6.45, 7) is 1.99. The second-order valence-electron chi connectivity index (χ2n) is 3.64. The number of aromatic carboxylic acids is 1. The predicted octanol–water partition coefficient (Wildman–Crippen LogP) is 2.81. The first-order chi connectivity index (χ1) is 8.11. The summed E-state index contributed by atoms with van der Waals surface area (Å²) < 4.78 is 0. The van der Waals surface area contributed by atoms with Crippen LogP contribution in [0, 0.1) is 6.92 Å². The SMILES string of the molecule is CSc1nc(C(=O)O)c(-c2ccc(C)cc2)[nH]1. The van der Waals surface area contributed by atoms with Gasteiger partial charge < -0.3 is 10.1 Å². The third-order valence-corrected chi connectivity index (χ3v) is 3.00. The molecule has 0 saturated heterocycles. The molecule has 0 unspecified atom stereocenters. The monoisotopic (exact) mass is 248 g/mol. The molecule has 1 aromatic heterocycles. The zero-order chi connectivity index (χ0) is 12.4. The minimum atomic E-state index is -1.02. The maximum atomic E-state index is 11.1. The van der Waals surface area contributed by atoms with Crippen LogP contribution in [0.15, 0.2) is 29.4 Å². The highest BCUT2D eigenvalue weighted by Crippen LogP contribution is 2.25. The summed E-state index contributed by atoms with van der Waals surface area (Å²) in [5, 5.41) is 9.71. The zero-order valence-corrected chi connectivity index (χ0v) is 10.3. The van der Waals surface area contributed by atoms with E-state index in [0.29, 0.717) is 10.9 Å². The number of H-pyrrole nitrogens is 1. The summed E-state index contributed by atoms with van der Waals surface area (Å²) in [7, 11) is 0. The van der Waals surface area contributed by atoms with E-state index in [1.807, 2.05) is 37.4 Å². The second kappa shape index (κ2) is 4.63. The van der Waals surface area contributed by atoms with Crippen LogP contribution in [0.1, 0.15) is 16.1 Å². The number of nitrogens with one attached hydrogen (secondary N) is 1.